The third-order valence-electron chi connectivity index (χ3n) is 5.50. The normalized spacial score (nSPS) is 14.9. The number of phenols is 1. The highest BCUT2D eigenvalue weighted by molar-refractivity contribution is 5.78. The van der Waals surface area contributed by atoms with Crippen molar-refractivity contribution in [1.29, 1.82) is 0 Å². The summed E-state index contributed by atoms with van der Waals surface area (Å²) < 4.78 is 16.1. The van der Waals surface area contributed by atoms with Crippen molar-refractivity contribution in [1.82, 2.24) is 4.90 Å². The first-order chi connectivity index (χ1) is 14.1. The van der Waals surface area contributed by atoms with E-state index < -0.39 is 0 Å². The number of benzene rings is 2. The number of hydrogen-bond acceptors (Lipinski definition) is 5. The molecule has 1 heterocycles. The van der Waals surface area contributed by atoms with Crippen LogP contribution in [0.4, 0.5) is 0 Å². The molecule has 1 N–H and O–H groups in total. The van der Waals surface area contributed by atoms with Crippen molar-refractivity contribution in [3.63, 3.8) is 0 Å². The van der Waals surface area contributed by atoms with E-state index in [2.05, 4.69) is 0 Å². The molecule has 0 aliphatic carbocycles. The number of rotatable bonds is 7. The lowest BCUT2D eigenvalue weighted by molar-refractivity contribution is -0.132. The number of carbonyl (C=O) groups excluding carboxylic acids is 1. The molecule has 29 heavy (non-hydrogen) atoms. The van der Waals surface area contributed by atoms with Crippen molar-refractivity contribution in [3.05, 3.63) is 47.5 Å². The van der Waals surface area contributed by atoms with Crippen LogP contribution in [0.5, 0.6) is 23.0 Å². The van der Waals surface area contributed by atoms with E-state index in [1.165, 1.54) is 13.5 Å². The van der Waals surface area contributed by atoms with E-state index in [1.54, 1.807) is 26.4 Å². The van der Waals surface area contributed by atoms with E-state index in [0.717, 1.165) is 37.2 Å². The van der Waals surface area contributed by atoms with Gasteiger partial charge in [-0.15, -0.1) is 0 Å². The zero-order chi connectivity index (χ0) is 20.8. The Morgan fingerprint density at radius 3 is 2.21 bits per heavy atom. The maximum atomic E-state index is 13.1. The van der Waals surface area contributed by atoms with Crippen LogP contribution in [0, 0.1) is 0 Å². The summed E-state index contributed by atoms with van der Waals surface area (Å²) in [4.78, 5) is 15.0. The Hall–Kier alpha value is -2.89. The number of methoxy groups -OCH3 is 3. The lowest BCUT2D eigenvalue weighted by Crippen LogP contribution is -2.36. The average Bonchev–Trinajstić information content (AvgIpc) is 2.77. The standard InChI is InChI=1S/C23H29NO5/c1-27-17-9-7-16(8-10-17)19(15-22(26)24-11-5-4-6-12-24)23-20(25)13-18(28-2)14-21(23)29-3/h7-10,13-14,19,25H,4-6,11-12,15H2,1-3H3/t19-/m1/s1. The van der Waals surface area contributed by atoms with Gasteiger partial charge in [-0.2, -0.15) is 0 Å². The second-order valence-corrected chi connectivity index (χ2v) is 7.23. The highest BCUT2D eigenvalue weighted by Gasteiger charge is 2.28. The molecule has 1 amide bonds. The minimum absolute atomic E-state index is 0.0495. The van der Waals surface area contributed by atoms with Crippen LogP contribution in [0.3, 0.4) is 0 Å². The number of hydrogen-bond donors (Lipinski definition) is 1. The third-order valence-corrected chi connectivity index (χ3v) is 5.50. The monoisotopic (exact) mass is 399 g/mol. The van der Waals surface area contributed by atoms with E-state index in [-0.39, 0.29) is 24.0 Å². The molecule has 2 aromatic carbocycles. The number of likely N-dealkylation sites (tertiary alicyclic amines) is 1. The molecular formula is C23H29NO5. The fraction of sp³-hybridized carbons (Fsp3) is 0.435. The molecule has 0 bridgehead atoms. The lowest BCUT2D eigenvalue weighted by atomic mass is 9.86. The van der Waals surface area contributed by atoms with Gasteiger partial charge in [0.25, 0.3) is 0 Å². The average molecular weight is 399 g/mol. The Kier molecular flexibility index (Phi) is 6.86. The van der Waals surface area contributed by atoms with Crippen molar-refractivity contribution < 1.29 is 24.1 Å². The number of aromatic hydroxyl groups is 1. The van der Waals surface area contributed by atoms with Gasteiger partial charge in [0.1, 0.15) is 23.0 Å². The Morgan fingerprint density at radius 1 is 0.966 bits per heavy atom. The van der Waals surface area contributed by atoms with Crippen LogP contribution < -0.4 is 14.2 Å². The van der Waals surface area contributed by atoms with Gasteiger partial charge in [-0.25, -0.2) is 0 Å². The van der Waals surface area contributed by atoms with Crippen LogP contribution >= 0.6 is 0 Å². The molecule has 3 rings (SSSR count). The molecule has 1 saturated heterocycles. The Bertz CT molecular complexity index is 828. The predicted octanol–water partition coefficient (Wildman–Crippen LogP) is 3.95. The Morgan fingerprint density at radius 2 is 1.62 bits per heavy atom. The Balaban J connectivity index is 2.01. The molecule has 0 unspecified atom stereocenters. The maximum absolute atomic E-state index is 13.1. The quantitative estimate of drug-likeness (QED) is 0.763. The summed E-state index contributed by atoms with van der Waals surface area (Å²) in [5.74, 6) is 1.52. The van der Waals surface area contributed by atoms with Crippen LogP contribution in [0.25, 0.3) is 0 Å². The first kappa shape index (κ1) is 20.8. The van der Waals surface area contributed by atoms with Gasteiger partial charge in [-0.3, -0.25) is 4.79 Å². The fourth-order valence-electron chi connectivity index (χ4n) is 3.89. The topological polar surface area (TPSA) is 68.2 Å². The summed E-state index contributed by atoms with van der Waals surface area (Å²) in [5, 5.41) is 10.8. The zero-order valence-corrected chi connectivity index (χ0v) is 17.3. The second kappa shape index (κ2) is 9.54. The molecule has 2 aromatic rings. The van der Waals surface area contributed by atoms with Crippen molar-refractivity contribution in [2.75, 3.05) is 34.4 Å². The summed E-state index contributed by atoms with van der Waals surface area (Å²) in [5.41, 5.74) is 1.50. The summed E-state index contributed by atoms with van der Waals surface area (Å²) in [6, 6.07) is 10.9. The summed E-state index contributed by atoms with van der Waals surface area (Å²) >= 11 is 0. The number of carbonyl (C=O) groups is 1. The molecule has 156 valence electrons. The van der Waals surface area contributed by atoms with Crippen LogP contribution in [0.15, 0.2) is 36.4 Å². The SMILES string of the molecule is COc1ccc([C@@H](CC(=O)N2CCCCC2)c2c(O)cc(OC)cc2OC)cc1. The smallest absolute Gasteiger partial charge is 0.223 e. The van der Waals surface area contributed by atoms with Crippen LogP contribution in [0.2, 0.25) is 0 Å². The van der Waals surface area contributed by atoms with Crippen LogP contribution in [-0.4, -0.2) is 50.3 Å². The Labute approximate surface area is 172 Å². The molecular weight excluding hydrogens is 370 g/mol. The third kappa shape index (κ3) is 4.75. The van der Waals surface area contributed by atoms with Gasteiger partial charge in [0.05, 0.1) is 21.3 Å². The second-order valence-electron chi connectivity index (χ2n) is 7.23. The van der Waals surface area contributed by atoms with E-state index >= 15 is 0 Å². The molecule has 0 spiro atoms. The molecule has 1 atom stereocenters. The fourth-order valence-corrected chi connectivity index (χ4v) is 3.89. The van der Waals surface area contributed by atoms with Gasteiger partial charge in [0.15, 0.2) is 0 Å². The van der Waals surface area contributed by atoms with E-state index in [1.807, 2.05) is 29.2 Å². The van der Waals surface area contributed by atoms with E-state index in [9.17, 15) is 9.90 Å². The molecule has 0 aromatic heterocycles. The van der Waals surface area contributed by atoms with E-state index in [0.29, 0.717) is 17.1 Å². The molecule has 1 aliphatic rings. The number of amides is 1. The summed E-state index contributed by atoms with van der Waals surface area (Å²) in [6.45, 7) is 1.58. The first-order valence-corrected chi connectivity index (χ1v) is 9.94. The van der Waals surface area contributed by atoms with Crippen molar-refractivity contribution in [3.8, 4) is 23.0 Å². The number of ether oxygens (including phenoxy) is 3. The molecule has 1 fully saturated rings. The van der Waals surface area contributed by atoms with Crippen LogP contribution in [0.1, 0.15) is 42.7 Å². The minimum Gasteiger partial charge on any atom is -0.507 e. The maximum Gasteiger partial charge on any atom is 0.223 e. The molecule has 6 heteroatoms. The lowest BCUT2D eigenvalue weighted by Gasteiger charge is -2.29. The molecule has 0 radical (unpaired) electrons. The largest absolute Gasteiger partial charge is 0.507 e. The van der Waals surface area contributed by atoms with Gasteiger partial charge in [-0.1, -0.05) is 12.1 Å². The van der Waals surface area contributed by atoms with Crippen molar-refractivity contribution in [2.24, 2.45) is 0 Å². The van der Waals surface area contributed by atoms with Gasteiger partial charge >= 0.3 is 0 Å². The van der Waals surface area contributed by atoms with Crippen molar-refractivity contribution in [2.45, 2.75) is 31.6 Å². The van der Waals surface area contributed by atoms with Gasteiger partial charge in [0, 0.05) is 43.1 Å². The molecule has 6 nitrogen and oxygen atoms in total. The van der Waals surface area contributed by atoms with E-state index in [4.69, 9.17) is 14.2 Å². The predicted molar refractivity (Wildman–Crippen MR) is 111 cm³/mol. The number of nitrogens with zero attached hydrogens (tertiary/aromatic N) is 1. The van der Waals surface area contributed by atoms with Gasteiger partial charge < -0.3 is 24.2 Å². The number of piperidine rings is 1. The number of phenolic OH excluding ortho intramolecular Hbond substituents is 1. The van der Waals surface area contributed by atoms with Crippen LogP contribution in [-0.2, 0) is 4.79 Å². The molecule has 0 saturated carbocycles. The summed E-state index contributed by atoms with van der Waals surface area (Å²) in [7, 11) is 4.70. The molecule has 1 aliphatic heterocycles. The zero-order valence-electron chi connectivity index (χ0n) is 17.3. The highest BCUT2D eigenvalue weighted by Crippen LogP contribution is 2.43. The van der Waals surface area contributed by atoms with Gasteiger partial charge in [-0.05, 0) is 37.0 Å². The minimum atomic E-state index is -0.351. The van der Waals surface area contributed by atoms with Crippen molar-refractivity contribution >= 4 is 5.91 Å². The van der Waals surface area contributed by atoms with Gasteiger partial charge in [0.2, 0.25) is 5.91 Å². The first-order valence-electron chi connectivity index (χ1n) is 9.94. The summed E-state index contributed by atoms with van der Waals surface area (Å²) in [6.07, 6.45) is 3.49. The highest BCUT2D eigenvalue weighted by atomic mass is 16.5.